The summed E-state index contributed by atoms with van der Waals surface area (Å²) in [6.07, 6.45) is 0. The van der Waals surface area contributed by atoms with Crippen molar-refractivity contribution in [3.05, 3.63) is 54.5 Å². The molecule has 2 rings (SSSR count). The van der Waals surface area contributed by atoms with Crippen LogP contribution in [0, 0.1) is 20.2 Å². The van der Waals surface area contributed by atoms with Crippen molar-refractivity contribution >= 4 is 46.3 Å². The first-order valence-corrected chi connectivity index (χ1v) is 7.30. The normalized spacial score (nSPS) is 10.5. The predicted octanol–water partition coefficient (Wildman–Crippen LogP) is 4.37. The molecule has 0 amide bonds. The topological polar surface area (TPSA) is 127 Å². The van der Waals surface area contributed by atoms with Gasteiger partial charge in [0.1, 0.15) is 0 Å². The predicted molar refractivity (Wildman–Crippen MR) is 83.7 cm³/mol. The minimum atomic E-state index is -0.856. The number of nitro groups is 2. The molecule has 11 heteroatoms. The summed E-state index contributed by atoms with van der Waals surface area (Å²) >= 11 is 11.9. The third-order valence-electron chi connectivity index (χ3n) is 2.71. The highest BCUT2D eigenvalue weighted by Crippen LogP contribution is 2.48. The molecule has 0 aromatic heterocycles. The number of rotatable bonds is 4. The lowest BCUT2D eigenvalue weighted by Crippen LogP contribution is -1.95. The van der Waals surface area contributed by atoms with Crippen molar-refractivity contribution in [2.45, 2.75) is 9.79 Å². The van der Waals surface area contributed by atoms with Crippen molar-refractivity contribution in [2.24, 2.45) is 0 Å². The van der Waals surface area contributed by atoms with Crippen LogP contribution in [0.4, 0.5) is 11.4 Å². The molecule has 0 atom stereocenters. The van der Waals surface area contributed by atoms with Gasteiger partial charge in [0.2, 0.25) is 11.5 Å². The van der Waals surface area contributed by atoms with Gasteiger partial charge in [-0.15, -0.1) is 0 Å². The third-order valence-corrected chi connectivity index (χ3v) is 4.42. The highest BCUT2D eigenvalue weighted by molar-refractivity contribution is 7.99. The Labute approximate surface area is 142 Å². The fourth-order valence-electron chi connectivity index (χ4n) is 1.71. The van der Waals surface area contributed by atoms with E-state index < -0.39 is 32.7 Å². The number of phenols is 2. The SMILES string of the molecule is O=[N+]([O-])c1c(Sc2ccc(Cl)c(O)c2[N+](=O)[O-])ccc(Cl)c1O. The van der Waals surface area contributed by atoms with Crippen LogP contribution in [0.1, 0.15) is 0 Å². The van der Waals surface area contributed by atoms with E-state index in [4.69, 9.17) is 23.2 Å². The fraction of sp³-hybridized carbons (Fsp3) is 0. The Bertz CT molecular complexity index is 762. The molecule has 0 aliphatic carbocycles. The number of hydrogen-bond acceptors (Lipinski definition) is 7. The zero-order valence-electron chi connectivity index (χ0n) is 10.9. The van der Waals surface area contributed by atoms with Crippen molar-refractivity contribution in [2.75, 3.05) is 0 Å². The highest BCUT2D eigenvalue weighted by Gasteiger charge is 2.28. The van der Waals surface area contributed by atoms with Crippen LogP contribution in [0.5, 0.6) is 11.5 Å². The average molecular weight is 377 g/mol. The summed E-state index contributed by atoms with van der Waals surface area (Å²) in [4.78, 5) is 20.3. The molecule has 23 heavy (non-hydrogen) atoms. The van der Waals surface area contributed by atoms with Crippen molar-refractivity contribution in [3.63, 3.8) is 0 Å². The summed E-state index contributed by atoms with van der Waals surface area (Å²) in [6, 6.07) is 4.90. The highest BCUT2D eigenvalue weighted by atomic mass is 35.5. The summed E-state index contributed by atoms with van der Waals surface area (Å²) < 4.78 is 0. The Kier molecular flexibility index (Phi) is 4.83. The fourth-order valence-corrected chi connectivity index (χ4v) is 3.06. The minimum absolute atomic E-state index is 0.0817. The van der Waals surface area contributed by atoms with Gasteiger partial charge >= 0.3 is 11.4 Å². The molecule has 0 fully saturated rings. The Balaban J connectivity index is 2.61. The lowest BCUT2D eigenvalue weighted by atomic mass is 10.3. The molecule has 0 bridgehead atoms. The molecule has 0 aliphatic rings. The zero-order chi connectivity index (χ0) is 17.3. The molecule has 0 unspecified atom stereocenters. The summed E-state index contributed by atoms with van der Waals surface area (Å²) in [5.41, 5.74) is -1.38. The van der Waals surface area contributed by atoms with Gasteiger partial charge in [0.15, 0.2) is 0 Å². The van der Waals surface area contributed by atoms with E-state index in [1.165, 1.54) is 24.3 Å². The monoisotopic (exact) mass is 376 g/mol. The lowest BCUT2D eigenvalue weighted by Gasteiger charge is -2.07. The van der Waals surface area contributed by atoms with E-state index in [-0.39, 0.29) is 19.8 Å². The molecule has 2 aromatic rings. The molecule has 120 valence electrons. The quantitative estimate of drug-likeness (QED) is 0.598. The largest absolute Gasteiger partial charge is 0.501 e. The maximum Gasteiger partial charge on any atom is 0.326 e. The van der Waals surface area contributed by atoms with Crippen LogP contribution in [-0.4, -0.2) is 20.1 Å². The van der Waals surface area contributed by atoms with Gasteiger partial charge < -0.3 is 10.2 Å². The van der Waals surface area contributed by atoms with E-state index in [1.807, 2.05) is 0 Å². The van der Waals surface area contributed by atoms with Crippen LogP contribution in [0.2, 0.25) is 10.0 Å². The smallest absolute Gasteiger partial charge is 0.326 e. The molecular formula is C12H6Cl2N2O6S. The Morgan fingerprint density at radius 1 is 0.826 bits per heavy atom. The molecule has 0 aliphatic heterocycles. The van der Waals surface area contributed by atoms with Gasteiger partial charge in [-0.3, -0.25) is 20.2 Å². The van der Waals surface area contributed by atoms with E-state index in [0.717, 1.165) is 0 Å². The van der Waals surface area contributed by atoms with Crippen LogP contribution < -0.4 is 0 Å². The number of benzene rings is 2. The molecule has 0 saturated carbocycles. The number of nitrogens with zero attached hydrogens (tertiary/aromatic N) is 2. The number of phenolic OH excluding ortho intramolecular Hbond substituents is 2. The van der Waals surface area contributed by atoms with E-state index in [1.54, 1.807) is 0 Å². The Morgan fingerprint density at radius 3 is 1.48 bits per heavy atom. The van der Waals surface area contributed by atoms with Crippen molar-refractivity contribution < 1.29 is 20.1 Å². The Hall–Kier alpha value is -2.23. The standard InChI is InChI=1S/C12H6Cl2N2O6S/c13-5-1-3-7(9(11(5)17)15(19)20)23-8-4-2-6(14)12(18)10(8)16(21)22/h1-4,17-18H. The van der Waals surface area contributed by atoms with Gasteiger partial charge in [0.05, 0.1) is 29.7 Å². The van der Waals surface area contributed by atoms with E-state index in [0.29, 0.717) is 11.8 Å². The number of hydrogen-bond donors (Lipinski definition) is 2. The first-order chi connectivity index (χ1) is 10.7. The number of nitro benzene ring substituents is 2. The van der Waals surface area contributed by atoms with Crippen LogP contribution in [0.3, 0.4) is 0 Å². The number of aromatic hydroxyl groups is 2. The van der Waals surface area contributed by atoms with Crippen molar-refractivity contribution in [3.8, 4) is 11.5 Å². The lowest BCUT2D eigenvalue weighted by molar-refractivity contribution is -0.389. The molecule has 2 N–H and O–H groups in total. The zero-order valence-corrected chi connectivity index (χ0v) is 13.2. The second-order valence-electron chi connectivity index (χ2n) is 4.10. The Morgan fingerprint density at radius 2 is 1.17 bits per heavy atom. The van der Waals surface area contributed by atoms with Crippen LogP contribution in [0.15, 0.2) is 34.1 Å². The molecule has 0 heterocycles. The first-order valence-electron chi connectivity index (χ1n) is 5.73. The van der Waals surface area contributed by atoms with Gasteiger partial charge in [0.25, 0.3) is 0 Å². The molecule has 8 nitrogen and oxygen atoms in total. The summed E-state index contributed by atoms with van der Waals surface area (Å²) in [5, 5.41) is 41.2. The van der Waals surface area contributed by atoms with Gasteiger partial charge in [0, 0.05) is 0 Å². The average Bonchev–Trinajstić information content (AvgIpc) is 2.46. The molecule has 0 saturated heterocycles. The molecule has 0 radical (unpaired) electrons. The second kappa shape index (κ2) is 6.49. The van der Waals surface area contributed by atoms with Gasteiger partial charge in [-0.1, -0.05) is 35.0 Å². The summed E-state index contributed by atoms with van der Waals surface area (Å²) in [5.74, 6) is -1.50. The summed E-state index contributed by atoms with van der Waals surface area (Å²) in [7, 11) is 0. The third kappa shape index (κ3) is 3.26. The molecule has 0 spiro atoms. The van der Waals surface area contributed by atoms with Crippen LogP contribution in [-0.2, 0) is 0 Å². The van der Waals surface area contributed by atoms with E-state index in [9.17, 15) is 30.4 Å². The minimum Gasteiger partial charge on any atom is -0.501 e. The summed E-state index contributed by atoms with van der Waals surface area (Å²) in [6.45, 7) is 0. The van der Waals surface area contributed by atoms with E-state index >= 15 is 0 Å². The first kappa shape index (κ1) is 17.1. The second-order valence-corrected chi connectivity index (χ2v) is 6.00. The van der Waals surface area contributed by atoms with Crippen molar-refractivity contribution in [1.29, 1.82) is 0 Å². The van der Waals surface area contributed by atoms with Crippen LogP contribution >= 0.6 is 35.0 Å². The van der Waals surface area contributed by atoms with Gasteiger partial charge in [-0.05, 0) is 24.3 Å². The maximum atomic E-state index is 11.1. The van der Waals surface area contributed by atoms with Gasteiger partial charge in [-0.25, -0.2) is 0 Å². The maximum absolute atomic E-state index is 11.1. The van der Waals surface area contributed by atoms with Crippen molar-refractivity contribution in [1.82, 2.24) is 0 Å². The molecular weight excluding hydrogens is 371 g/mol. The van der Waals surface area contributed by atoms with E-state index in [2.05, 4.69) is 0 Å². The van der Waals surface area contributed by atoms with Gasteiger partial charge in [-0.2, -0.15) is 0 Å². The molecule has 2 aromatic carbocycles. The van der Waals surface area contributed by atoms with Crippen LogP contribution in [0.25, 0.3) is 0 Å². The number of halogens is 2.